The lowest BCUT2D eigenvalue weighted by atomic mass is 10.1. The predicted molar refractivity (Wildman–Crippen MR) is 109 cm³/mol. The van der Waals surface area contributed by atoms with Crippen LogP contribution in [0.1, 0.15) is 17.2 Å². The topological polar surface area (TPSA) is 72.1 Å². The monoisotopic (exact) mass is 405 g/mol. The van der Waals surface area contributed by atoms with E-state index in [2.05, 4.69) is 32.4 Å². The fourth-order valence-corrected chi connectivity index (χ4v) is 3.94. The van der Waals surface area contributed by atoms with Crippen molar-refractivity contribution in [2.75, 3.05) is 47.1 Å². The minimum absolute atomic E-state index is 0.155. The van der Waals surface area contributed by atoms with E-state index in [1.165, 1.54) is 5.56 Å². The molecule has 1 atom stereocenters. The Kier molecular flexibility index (Phi) is 7.53. The maximum atomic E-state index is 12.3. The zero-order valence-electron chi connectivity index (χ0n) is 16.3. The van der Waals surface area contributed by atoms with Gasteiger partial charge in [0.1, 0.15) is 0 Å². The molecule has 1 aromatic carbocycles. The Bertz CT molecular complexity index is 748. The number of hydrogen-bond acceptors (Lipinski definition) is 6. The Morgan fingerprint density at radius 1 is 1.18 bits per heavy atom. The van der Waals surface area contributed by atoms with Gasteiger partial charge in [0.2, 0.25) is 0 Å². The third-order valence-corrected chi connectivity index (χ3v) is 5.47. The third kappa shape index (κ3) is 5.37. The van der Waals surface area contributed by atoms with Gasteiger partial charge in [0.25, 0.3) is 0 Å². The average Bonchev–Trinajstić information content (AvgIpc) is 3.27. The second-order valence-electron chi connectivity index (χ2n) is 6.47. The number of carbonyl (C=O) groups excluding carboxylic acids is 1. The molecule has 0 radical (unpaired) electrons. The lowest BCUT2D eigenvalue weighted by Gasteiger charge is -2.34. The van der Waals surface area contributed by atoms with Crippen LogP contribution in [0, 0.1) is 0 Å². The lowest BCUT2D eigenvalue weighted by Crippen LogP contribution is -2.45. The molecule has 1 unspecified atom stereocenters. The summed E-state index contributed by atoms with van der Waals surface area (Å²) in [5.41, 5.74) is 2.17. The molecule has 28 heavy (non-hydrogen) atoms. The Morgan fingerprint density at radius 3 is 2.64 bits per heavy atom. The maximum absolute atomic E-state index is 12.3. The molecule has 3 rings (SSSR count). The van der Waals surface area contributed by atoms with Crippen molar-refractivity contribution in [1.82, 2.24) is 15.5 Å². The number of rotatable bonds is 8. The number of nitrogens with one attached hydrogen (secondary N) is 2. The average molecular weight is 406 g/mol. The molecule has 7 nitrogen and oxygen atoms in total. The molecular formula is C20H27N3O4S. The SMILES string of the molecule is COc1ccc(CNC(=O)NCC(c2ccsc2)N2CCOCC2)cc1OC. The summed E-state index contributed by atoms with van der Waals surface area (Å²) >= 11 is 1.67. The van der Waals surface area contributed by atoms with Crippen molar-refractivity contribution in [3.05, 3.63) is 46.2 Å². The number of methoxy groups -OCH3 is 2. The zero-order chi connectivity index (χ0) is 19.8. The molecule has 1 aliphatic rings. The number of amides is 2. The zero-order valence-corrected chi connectivity index (χ0v) is 17.1. The van der Waals surface area contributed by atoms with Crippen LogP contribution < -0.4 is 20.1 Å². The van der Waals surface area contributed by atoms with Gasteiger partial charge < -0.3 is 24.8 Å². The van der Waals surface area contributed by atoms with Gasteiger partial charge in [0, 0.05) is 26.2 Å². The largest absolute Gasteiger partial charge is 0.493 e. The summed E-state index contributed by atoms with van der Waals surface area (Å²) in [7, 11) is 3.19. The van der Waals surface area contributed by atoms with Gasteiger partial charge in [0.05, 0.1) is 33.5 Å². The van der Waals surface area contributed by atoms with E-state index in [4.69, 9.17) is 14.2 Å². The molecule has 2 aromatic rings. The van der Waals surface area contributed by atoms with Gasteiger partial charge >= 0.3 is 6.03 Å². The molecule has 1 saturated heterocycles. The molecule has 2 amide bonds. The van der Waals surface area contributed by atoms with Gasteiger partial charge in [-0.1, -0.05) is 6.07 Å². The minimum atomic E-state index is -0.191. The summed E-state index contributed by atoms with van der Waals surface area (Å²) in [6, 6.07) is 7.68. The summed E-state index contributed by atoms with van der Waals surface area (Å²) in [6.45, 7) is 4.16. The van der Waals surface area contributed by atoms with Crippen molar-refractivity contribution < 1.29 is 19.0 Å². The van der Waals surface area contributed by atoms with Crippen LogP contribution in [0.15, 0.2) is 35.0 Å². The molecule has 2 heterocycles. The second-order valence-corrected chi connectivity index (χ2v) is 7.25. The summed E-state index contributed by atoms with van der Waals surface area (Å²) in [4.78, 5) is 14.7. The predicted octanol–water partition coefficient (Wildman–Crippen LogP) is 2.64. The highest BCUT2D eigenvalue weighted by atomic mass is 32.1. The molecular weight excluding hydrogens is 378 g/mol. The molecule has 2 N–H and O–H groups in total. The van der Waals surface area contributed by atoms with Crippen molar-refractivity contribution in [2.45, 2.75) is 12.6 Å². The van der Waals surface area contributed by atoms with Crippen LogP contribution in [0.25, 0.3) is 0 Å². The fraction of sp³-hybridized carbons (Fsp3) is 0.450. The number of morpholine rings is 1. The Labute approximate surface area is 169 Å². The Morgan fingerprint density at radius 2 is 1.96 bits per heavy atom. The number of benzene rings is 1. The smallest absolute Gasteiger partial charge is 0.315 e. The second kappa shape index (κ2) is 10.3. The van der Waals surface area contributed by atoms with Crippen LogP contribution in [0.5, 0.6) is 11.5 Å². The van der Waals surface area contributed by atoms with Gasteiger partial charge in [-0.15, -0.1) is 0 Å². The van der Waals surface area contributed by atoms with E-state index in [1.807, 2.05) is 18.2 Å². The van der Waals surface area contributed by atoms with Crippen LogP contribution in [0.2, 0.25) is 0 Å². The van der Waals surface area contributed by atoms with Crippen molar-refractivity contribution in [2.24, 2.45) is 0 Å². The summed E-state index contributed by atoms with van der Waals surface area (Å²) in [6.07, 6.45) is 0. The van der Waals surface area contributed by atoms with Crippen LogP contribution in [-0.2, 0) is 11.3 Å². The molecule has 0 aliphatic carbocycles. The first-order valence-electron chi connectivity index (χ1n) is 9.27. The third-order valence-electron chi connectivity index (χ3n) is 4.77. The highest BCUT2D eigenvalue weighted by Gasteiger charge is 2.23. The molecule has 0 spiro atoms. The van der Waals surface area contributed by atoms with Crippen molar-refractivity contribution in [3.8, 4) is 11.5 Å². The molecule has 0 saturated carbocycles. The molecule has 8 heteroatoms. The Hall–Kier alpha value is -2.29. The van der Waals surface area contributed by atoms with Crippen molar-refractivity contribution >= 4 is 17.4 Å². The first-order valence-corrected chi connectivity index (χ1v) is 10.2. The van der Waals surface area contributed by atoms with E-state index < -0.39 is 0 Å². The number of urea groups is 1. The quantitative estimate of drug-likeness (QED) is 0.706. The first-order chi connectivity index (χ1) is 13.7. The van der Waals surface area contributed by atoms with E-state index in [0.29, 0.717) is 24.6 Å². The van der Waals surface area contributed by atoms with E-state index in [1.54, 1.807) is 25.6 Å². The van der Waals surface area contributed by atoms with E-state index in [0.717, 1.165) is 31.9 Å². The van der Waals surface area contributed by atoms with Gasteiger partial charge in [0.15, 0.2) is 11.5 Å². The number of carbonyl (C=O) groups is 1. The highest BCUT2D eigenvalue weighted by molar-refractivity contribution is 7.07. The van der Waals surface area contributed by atoms with Crippen LogP contribution in [0.4, 0.5) is 4.79 Å². The standard InChI is InChI=1S/C20H27N3O4S/c1-25-18-4-3-15(11-19(18)26-2)12-21-20(24)22-13-17(16-5-10-28-14-16)23-6-8-27-9-7-23/h3-5,10-11,14,17H,6-9,12-13H2,1-2H3,(H2,21,22,24). The number of hydrogen-bond donors (Lipinski definition) is 2. The number of nitrogens with zero attached hydrogens (tertiary/aromatic N) is 1. The normalized spacial score (nSPS) is 15.6. The van der Waals surface area contributed by atoms with Gasteiger partial charge in [-0.2, -0.15) is 11.3 Å². The maximum Gasteiger partial charge on any atom is 0.315 e. The summed E-state index contributed by atoms with van der Waals surface area (Å²) in [5, 5.41) is 10.1. The summed E-state index contributed by atoms with van der Waals surface area (Å²) < 4.78 is 16.0. The fourth-order valence-electron chi connectivity index (χ4n) is 3.24. The van der Waals surface area contributed by atoms with Gasteiger partial charge in [-0.25, -0.2) is 4.79 Å². The van der Waals surface area contributed by atoms with Crippen LogP contribution in [-0.4, -0.2) is 58.0 Å². The molecule has 152 valence electrons. The van der Waals surface area contributed by atoms with E-state index in [-0.39, 0.29) is 12.1 Å². The van der Waals surface area contributed by atoms with Crippen molar-refractivity contribution in [1.29, 1.82) is 0 Å². The van der Waals surface area contributed by atoms with E-state index in [9.17, 15) is 4.79 Å². The Balaban J connectivity index is 1.53. The van der Waals surface area contributed by atoms with Gasteiger partial charge in [-0.3, -0.25) is 4.90 Å². The molecule has 1 fully saturated rings. The van der Waals surface area contributed by atoms with Gasteiger partial charge in [-0.05, 0) is 40.1 Å². The first kappa shape index (κ1) is 20.4. The minimum Gasteiger partial charge on any atom is -0.493 e. The highest BCUT2D eigenvalue weighted by Crippen LogP contribution is 2.27. The van der Waals surface area contributed by atoms with Crippen LogP contribution >= 0.6 is 11.3 Å². The molecule has 1 aliphatic heterocycles. The molecule has 0 bridgehead atoms. The number of ether oxygens (including phenoxy) is 3. The molecule has 1 aromatic heterocycles. The lowest BCUT2D eigenvalue weighted by molar-refractivity contribution is 0.0168. The van der Waals surface area contributed by atoms with E-state index >= 15 is 0 Å². The summed E-state index contributed by atoms with van der Waals surface area (Å²) in [5.74, 6) is 1.31. The van der Waals surface area contributed by atoms with Crippen molar-refractivity contribution in [3.63, 3.8) is 0 Å². The van der Waals surface area contributed by atoms with Crippen LogP contribution in [0.3, 0.4) is 0 Å². The number of thiophene rings is 1.